The Morgan fingerprint density at radius 2 is 1.95 bits per heavy atom. The summed E-state index contributed by atoms with van der Waals surface area (Å²) < 4.78 is 39.4. The third kappa shape index (κ3) is 3.28. The fourth-order valence-corrected chi connectivity index (χ4v) is 2.96. The van der Waals surface area contributed by atoms with Crippen LogP contribution in [0.25, 0.3) is 0 Å². The fraction of sp³-hybridized carbons (Fsp3) is 0.400. The number of rotatable bonds is 6. The van der Waals surface area contributed by atoms with Gasteiger partial charge in [0.15, 0.2) is 4.90 Å². The molecule has 8 nitrogen and oxygen atoms in total. The second-order valence-electron chi connectivity index (χ2n) is 4.33. The molecule has 0 saturated carbocycles. The smallest absolute Gasteiger partial charge is 0.324 e. The second-order valence-corrected chi connectivity index (χ2v) is 5.98. The average Bonchev–Trinajstić information content (AvgIpc) is 2.37. The van der Waals surface area contributed by atoms with Gasteiger partial charge >= 0.3 is 5.69 Å². The number of hydrogen-bond donors (Lipinski definition) is 3. The Kier molecular flexibility index (Phi) is 4.76. The standard InChI is InChI=1S/C10H13FN2O6S/c1-10(5-14,6-15)12-20(18,19)8-4-2-3-7(11)9(8)13(16)17/h2-4,12,14-15H,5-6H2,1H3. The molecule has 20 heavy (non-hydrogen) atoms. The minimum Gasteiger partial charge on any atom is -0.394 e. The van der Waals surface area contributed by atoms with Crippen LogP contribution in [0, 0.1) is 15.9 Å². The van der Waals surface area contributed by atoms with Gasteiger partial charge in [0, 0.05) is 0 Å². The lowest BCUT2D eigenvalue weighted by atomic mass is 10.1. The maximum absolute atomic E-state index is 13.4. The first-order chi connectivity index (χ1) is 9.17. The summed E-state index contributed by atoms with van der Waals surface area (Å²) in [6.45, 7) is -0.298. The number of benzene rings is 1. The van der Waals surface area contributed by atoms with E-state index in [0.717, 1.165) is 18.2 Å². The van der Waals surface area contributed by atoms with Crippen molar-refractivity contribution in [1.82, 2.24) is 4.72 Å². The van der Waals surface area contributed by atoms with E-state index in [4.69, 9.17) is 10.2 Å². The first-order valence-corrected chi connectivity index (χ1v) is 6.84. The number of hydrogen-bond acceptors (Lipinski definition) is 6. The van der Waals surface area contributed by atoms with E-state index in [-0.39, 0.29) is 0 Å². The third-order valence-corrected chi connectivity index (χ3v) is 4.17. The summed E-state index contributed by atoms with van der Waals surface area (Å²) in [4.78, 5) is 8.74. The highest BCUT2D eigenvalue weighted by Gasteiger charge is 2.35. The number of sulfonamides is 1. The zero-order valence-electron chi connectivity index (χ0n) is 10.4. The predicted molar refractivity (Wildman–Crippen MR) is 66.0 cm³/mol. The van der Waals surface area contributed by atoms with Crippen LogP contribution in [0.2, 0.25) is 0 Å². The van der Waals surface area contributed by atoms with E-state index in [9.17, 15) is 22.9 Å². The van der Waals surface area contributed by atoms with Crippen LogP contribution in [-0.4, -0.2) is 42.3 Å². The monoisotopic (exact) mass is 308 g/mol. The molecule has 10 heteroatoms. The lowest BCUT2D eigenvalue weighted by Gasteiger charge is -2.25. The molecule has 0 aliphatic heterocycles. The van der Waals surface area contributed by atoms with Crippen LogP contribution in [0.3, 0.4) is 0 Å². The van der Waals surface area contributed by atoms with Crippen molar-refractivity contribution < 1.29 is 27.9 Å². The van der Waals surface area contributed by atoms with Crippen molar-refractivity contribution in [3.63, 3.8) is 0 Å². The van der Waals surface area contributed by atoms with Crippen LogP contribution in [0.15, 0.2) is 23.1 Å². The fourth-order valence-electron chi connectivity index (χ4n) is 1.38. The van der Waals surface area contributed by atoms with Crippen molar-refractivity contribution >= 4 is 15.7 Å². The van der Waals surface area contributed by atoms with Crippen LogP contribution < -0.4 is 4.72 Å². The molecule has 3 N–H and O–H groups in total. The lowest BCUT2D eigenvalue weighted by molar-refractivity contribution is -0.390. The summed E-state index contributed by atoms with van der Waals surface area (Å²) >= 11 is 0. The topological polar surface area (TPSA) is 130 Å². The molecule has 0 aliphatic rings. The van der Waals surface area contributed by atoms with Crippen molar-refractivity contribution in [3.8, 4) is 0 Å². The SMILES string of the molecule is CC(CO)(CO)NS(=O)(=O)c1cccc(F)c1[N+](=O)[O-]. The largest absolute Gasteiger partial charge is 0.394 e. The van der Waals surface area contributed by atoms with Crippen LogP contribution in [0.1, 0.15) is 6.92 Å². The molecule has 0 amide bonds. The Labute approximate surface area is 114 Å². The number of nitro benzene ring substituents is 1. The Balaban J connectivity index is 3.37. The van der Waals surface area contributed by atoms with E-state index in [2.05, 4.69) is 0 Å². The van der Waals surface area contributed by atoms with Gasteiger partial charge in [-0.1, -0.05) is 6.07 Å². The number of nitrogens with one attached hydrogen (secondary N) is 1. The maximum atomic E-state index is 13.4. The van der Waals surface area contributed by atoms with Gasteiger partial charge in [-0.2, -0.15) is 4.39 Å². The molecule has 0 aromatic heterocycles. The summed E-state index contributed by atoms with van der Waals surface area (Å²) in [6, 6.07) is 2.62. The summed E-state index contributed by atoms with van der Waals surface area (Å²) in [5.74, 6) is -1.30. The van der Waals surface area contributed by atoms with Gasteiger partial charge in [0.2, 0.25) is 15.8 Å². The van der Waals surface area contributed by atoms with Gasteiger partial charge in [-0.15, -0.1) is 0 Å². The van der Waals surface area contributed by atoms with E-state index in [1.54, 1.807) is 0 Å². The third-order valence-electron chi connectivity index (χ3n) is 2.50. The zero-order valence-corrected chi connectivity index (χ0v) is 11.2. The summed E-state index contributed by atoms with van der Waals surface area (Å²) in [7, 11) is -4.49. The molecule has 1 aromatic rings. The highest BCUT2D eigenvalue weighted by atomic mass is 32.2. The quantitative estimate of drug-likeness (QED) is 0.491. The highest BCUT2D eigenvalue weighted by Crippen LogP contribution is 2.27. The predicted octanol–water partition coefficient (Wildman–Crippen LogP) is -0.244. The summed E-state index contributed by atoms with van der Waals surface area (Å²) in [5, 5.41) is 28.8. The molecule has 0 saturated heterocycles. The molecule has 0 fully saturated rings. The first-order valence-electron chi connectivity index (χ1n) is 5.35. The van der Waals surface area contributed by atoms with E-state index in [1.165, 1.54) is 6.92 Å². The van der Waals surface area contributed by atoms with Crippen molar-refractivity contribution in [2.24, 2.45) is 0 Å². The van der Waals surface area contributed by atoms with E-state index in [1.807, 2.05) is 4.72 Å². The first kappa shape index (κ1) is 16.4. The van der Waals surface area contributed by atoms with Gasteiger partial charge < -0.3 is 10.2 Å². The Morgan fingerprint density at radius 3 is 2.40 bits per heavy atom. The Hall–Kier alpha value is -1.62. The van der Waals surface area contributed by atoms with Crippen LogP contribution in [0.5, 0.6) is 0 Å². The second kappa shape index (κ2) is 5.79. The minimum absolute atomic E-state index is 0.744. The Bertz CT molecular complexity index is 614. The molecule has 0 spiro atoms. The van der Waals surface area contributed by atoms with Gasteiger partial charge in [0.05, 0.1) is 23.7 Å². The molecular formula is C10H13FN2O6S. The van der Waals surface area contributed by atoms with Crippen molar-refractivity contribution in [1.29, 1.82) is 0 Å². The van der Waals surface area contributed by atoms with Crippen LogP contribution >= 0.6 is 0 Å². The molecular weight excluding hydrogens is 295 g/mol. The molecule has 1 aromatic carbocycles. The Morgan fingerprint density at radius 1 is 1.40 bits per heavy atom. The average molecular weight is 308 g/mol. The molecule has 0 bridgehead atoms. The number of nitrogens with zero attached hydrogens (tertiary/aromatic N) is 1. The number of halogens is 1. The van der Waals surface area contributed by atoms with Gasteiger partial charge in [0.25, 0.3) is 0 Å². The van der Waals surface area contributed by atoms with Crippen molar-refractivity contribution in [3.05, 3.63) is 34.1 Å². The molecule has 1 rings (SSSR count). The highest BCUT2D eigenvalue weighted by molar-refractivity contribution is 7.89. The van der Waals surface area contributed by atoms with E-state index in [0.29, 0.717) is 0 Å². The van der Waals surface area contributed by atoms with Crippen molar-refractivity contribution in [2.45, 2.75) is 17.4 Å². The number of para-hydroxylation sites is 1. The molecule has 0 atom stereocenters. The summed E-state index contributed by atoms with van der Waals surface area (Å²) in [6.07, 6.45) is 0. The van der Waals surface area contributed by atoms with Gasteiger partial charge in [0.1, 0.15) is 0 Å². The van der Waals surface area contributed by atoms with Crippen molar-refractivity contribution in [2.75, 3.05) is 13.2 Å². The van der Waals surface area contributed by atoms with Gasteiger partial charge in [-0.3, -0.25) is 10.1 Å². The van der Waals surface area contributed by atoms with Gasteiger partial charge in [-0.25, -0.2) is 13.1 Å². The number of aliphatic hydroxyl groups excluding tert-OH is 2. The maximum Gasteiger partial charge on any atom is 0.324 e. The molecule has 0 radical (unpaired) electrons. The zero-order chi connectivity index (χ0) is 15.6. The molecule has 0 aliphatic carbocycles. The molecule has 112 valence electrons. The van der Waals surface area contributed by atoms with Crippen LogP contribution in [-0.2, 0) is 10.0 Å². The van der Waals surface area contributed by atoms with E-state index < -0.39 is 50.1 Å². The van der Waals surface area contributed by atoms with Gasteiger partial charge in [-0.05, 0) is 19.1 Å². The molecule has 0 heterocycles. The van der Waals surface area contributed by atoms with E-state index >= 15 is 0 Å². The normalized spacial score (nSPS) is 12.4. The van der Waals surface area contributed by atoms with Crippen LogP contribution in [0.4, 0.5) is 10.1 Å². The number of nitro groups is 1. The number of aliphatic hydroxyl groups is 2. The summed E-state index contributed by atoms with van der Waals surface area (Å²) in [5.41, 5.74) is -2.82. The minimum atomic E-state index is -4.49. The molecule has 0 unspecified atom stereocenters. The lowest BCUT2D eigenvalue weighted by Crippen LogP contribution is -2.51.